The van der Waals surface area contributed by atoms with Crippen LogP contribution in [-0.4, -0.2) is 77.2 Å². The molecule has 1 N–H and O–H groups in total. The van der Waals surface area contributed by atoms with Crippen LogP contribution in [0.15, 0.2) is 47.5 Å². The number of nitrogens with one attached hydrogen (secondary N) is 1. The number of carbonyl (C=O) groups is 3. The van der Waals surface area contributed by atoms with E-state index < -0.39 is 5.25 Å². The van der Waals surface area contributed by atoms with Crippen molar-refractivity contribution in [2.75, 3.05) is 49.5 Å². The number of carbonyl (C=O) groups excluding carboxylic acids is 3. The SMILES string of the molecule is Cc1cccc(N2CCN(C(=O)c3ccc(NC(=O)C[C@H]4SC(N5CCCC5)=NC4=O)cc3)CC2)c1C. The summed E-state index contributed by atoms with van der Waals surface area (Å²) in [4.78, 5) is 48.4. The topological polar surface area (TPSA) is 85.3 Å². The molecular formula is C28H33N5O3S. The van der Waals surface area contributed by atoms with Crippen LogP contribution >= 0.6 is 11.8 Å². The van der Waals surface area contributed by atoms with Gasteiger partial charge in [0.15, 0.2) is 5.17 Å². The first-order chi connectivity index (χ1) is 17.9. The minimum absolute atomic E-state index is 0.00182. The largest absolute Gasteiger partial charge is 0.368 e. The van der Waals surface area contributed by atoms with E-state index in [1.807, 2.05) is 4.90 Å². The lowest BCUT2D eigenvalue weighted by Gasteiger charge is -2.37. The minimum Gasteiger partial charge on any atom is -0.368 e. The monoisotopic (exact) mass is 519 g/mol. The van der Waals surface area contributed by atoms with Gasteiger partial charge in [0.25, 0.3) is 11.8 Å². The molecule has 0 radical (unpaired) electrons. The van der Waals surface area contributed by atoms with E-state index in [4.69, 9.17) is 0 Å². The zero-order chi connectivity index (χ0) is 25.9. The number of likely N-dealkylation sites (tertiary alicyclic amines) is 1. The second-order valence-electron chi connectivity index (χ2n) is 9.86. The molecule has 5 rings (SSSR count). The number of nitrogens with zero attached hydrogens (tertiary/aromatic N) is 4. The summed E-state index contributed by atoms with van der Waals surface area (Å²) in [5, 5.41) is 3.13. The van der Waals surface area contributed by atoms with Crippen LogP contribution in [0.3, 0.4) is 0 Å². The van der Waals surface area contributed by atoms with Gasteiger partial charge >= 0.3 is 0 Å². The first-order valence-corrected chi connectivity index (χ1v) is 13.8. The van der Waals surface area contributed by atoms with Crippen LogP contribution in [0.2, 0.25) is 0 Å². The molecule has 0 aromatic heterocycles. The van der Waals surface area contributed by atoms with Crippen LogP contribution < -0.4 is 10.2 Å². The number of hydrogen-bond acceptors (Lipinski definition) is 6. The average Bonchev–Trinajstić information content (AvgIpc) is 3.56. The number of rotatable bonds is 5. The van der Waals surface area contributed by atoms with Crippen molar-refractivity contribution < 1.29 is 14.4 Å². The Morgan fingerprint density at radius 3 is 2.35 bits per heavy atom. The van der Waals surface area contributed by atoms with Crippen LogP contribution in [0.4, 0.5) is 11.4 Å². The molecular weight excluding hydrogens is 486 g/mol. The second kappa shape index (κ2) is 11.0. The molecule has 0 saturated carbocycles. The number of thioether (sulfide) groups is 1. The van der Waals surface area contributed by atoms with Crippen LogP contribution in [-0.2, 0) is 9.59 Å². The Kier molecular flexibility index (Phi) is 7.50. The van der Waals surface area contributed by atoms with Crippen molar-refractivity contribution in [2.24, 2.45) is 4.99 Å². The third-order valence-corrected chi connectivity index (χ3v) is 8.59. The van der Waals surface area contributed by atoms with E-state index in [0.717, 1.165) is 44.2 Å². The Bertz CT molecular complexity index is 1210. The fourth-order valence-corrected chi connectivity index (χ4v) is 6.16. The number of aryl methyl sites for hydroxylation is 1. The van der Waals surface area contributed by atoms with Crippen molar-refractivity contribution in [3.05, 3.63) is 59.2 Å². The van der Waals surface area contributed by atoms with E-state index in [9.17, 15) is 14.4 Å². The fraction of sp³-hybridized carbons (Fsp3) is 0.429. The van der Waals surface area contributed by atoms with E-state index in [2.05, 4.69) is 52.2 Å². The standard InChI is InChI=1S/C28H33N5O3S/c1-19-6-5-7-23(20(19)2)31-14-16-32(17-15-31)27(36)21-8-10-22(11-9-21)29-25(34)18-24-26(35)30-28(37-24)33-12-3-4-13-33/h5-11,24H,3-4,12-18H2,1-2H3,(H,29,34)/t24-/m1/s1. The van der Waals surface area contributed by atoms with Gasteiger partial charge in [0.2, 0.25) is 5.91 Å². The van der Waals surface area contributed by atoms with E-state index >= 15 is 0 Å². The van der Waals surface area contributed by atoms with E-state index in [1.165, 1.54) is 28.6 Å². The summed E-state index contributed by atoms with van der Waals surface area (Å²) in [6, 6.07) is 13.3. The van der Waals surface area contributed by atoms with Crippen molar-refractivity contribution in [3.8, 4) is 0 Å². The molecule has 3 aliphatic heterocycles. The molecule has 8 nitrogen and oxygen atoms in total. The Morgan fingerprint density at radius 2 is 1.65 bits per heavy atom. The molecule has 2 saturated heterocycles. The quantitative estimate of drug-likeness (QED) is 0.649. The summed E-state index contributed by atoms with van der Waals surface area (Å²) in [6.45, 7) is 9.04. The molecule has 194 valence electrons. The predicted octanol–water partition coefficient (Wildman–Crippen LogP) is 3.69. The van der Waals surface area contributed by atoms with Crippen LogP contribution in [0.1, 0.15) is 40.7 Å². The normalized spacial score (nSPS) is 19.8. The van der Waals surface area contributed by atoms with Gasteiger partial charge in [-0.05, 0) is 68.1 Å². The Balaban J connectivity index is 1.11. The molecule has 3 amide bonds. The van der Waals surface area contributed by atoms with Gasteiger partial charge in [-0.15, -0.1) is 0 Å². The van der Waals surface area contributed by atoms with Crippen LogP contribution in [0, 0.1) is 13.8 Å². The van der Waals surface area contributed by atoms with Gasteiger partial charge in [-0.1, -0.05) is 23.9 Å². The first kappa shape index (κ1) is 25.3. The Hall–Kier alpha value is -3.33. The van der Waals surface area contributed by atoms with E-state index in [1.54, 1.807) is 24.3 Å². The molecule has 3 aliphatic rings. The molecule has 0 aliphatic carbocycles. The maximum Gasteiger partial charge on any atom is 0.262 e. The number of amides is 3. The molecule has 1 atom stereocenters. The number of piperazine rings is 1. The summed E-state index contributed by atoms with van der Waals surface area (Å²) in [5.74, 6) is -0.468. The zero-order valence-corrected chi connectivity index (χ0v) is 22.2. The molecule has 2 aromatic rings. The van der Waals surface area contributed by atoms with Gasteiger partial charge < -0.3 is 20.0 Å². The lowest BCUT2D eigenvalue weighted by atomic mass is 10.1. The number of hydrogen-bond donors (Lipinski definition) is 1. The maximum atomic E-state index is 13.1. The molecule has 0 unspecified atom stereocenters. The van der Waals surface area contributed by atoms with Crippen molar-refractivity contribution in [1.29, 1.82) is 0 Å². The second-order valence-corrected chi connectivity index (χ2v) is 11.0. The summed E-state index contributed by atoms with van der Waals surface area (Å²) >= 11 is 1.39. The highest BCUT2D eigenvalue weighted by molar-refractivity contribution is 8.15. The van der Waals surface area contributed by atoms with Crippen molar-refractivity contribution in [3.63, 3.8) is 0 Å². The van der Waals surface area contributed by atoms with Gasteiger partial charge in [-0.25, -0.2) is 0 Å². The molecule has 2 fully saturated rings. The molecule has 9 heteroatoms. The van der Waals surface area contributed by atoms with E-state index in [0.29, 0.717) is 24.3 Å². The summed E-state index contributed by atoms with van der Waals surface area (Å²) in [7, 11) is 0. The molecule has 2 aromatic carbocycles. The highest BCUT2D eigenvalue weighted by Gasteiger charge is 2.33. The number of benzene rings is 2. The number of aliphatic imine (C=N–C) groups is 1. The Labute approximate surface area is 222 Å². The first-order valence-electron chi connectivity index (χ1n) is 12.9. The summed E-state index contributed by atoms with van der Waals surface area (Å²) in [6.07, 6.45) is 2.30. The van der Waals surface area contributed by atoms with Gasteiger partial charge in [0.05, 0.1) is 0 Å². The molecule has 0 bridgehead atoms. The lowest BCUT2D eigenvalue weighted by Crippen LogP contribution is -2.49. The van der Waals surface area contributed by atoms with Gasteiger partial charge in [-0.2, -0.15) is 4.99 Å². The molecule has 37 heavy (non-hydrogen) atoms. The fourth-order valence-electron chi connectivity index (χ4n) is 5.04. The molecule has 0 spiro atoms. The number of amidine groups is 1. The third kappa shape index (κ3) is 5.66. The van der Waals surface area contributed by atoms with E-state index in [-0.39, 0.29) is 24.1 Å². The number of anilines is 2. The minimum atomic E-state index is -0.473. The third-order valence-electron chi connectivity index (χ3n) is 7.38. The molecule has 3 heterocycles. The Morgan fingerprint density at radius 1 is 0.946 bits per heavy atom. The van der Waals surface area contributed by atoms with Crippen molar-refractivity contribution >= 4 is 46.0 Å². The summed E-state index contributed by atoms with van der Waals surface area (Å²) in [5.41, 5.74) is 5.01. The smallest absolute Gasteiger partial charge is 0.262 e. The van der Waals surface area contributed by atoms with Crippen LogP contribution in [0.5, 0.6) is 0 Å². The lowest BCUT2D eigenvalue weighted by molar-refractivity contribution is -0.121. The van der Waals surface area contributed by atoms with Gasteiger partial charge in [0, 0.05) is 62.6 Å². The van der Waals surface area contributed by atoms with Gasteiger partial charge in [-0.3, -0.25) is 14.4 Å². The van der Waals surface area contributed by atoms with Crippen LogP contribution in [0.25, 0.3) is 0 Å². The average molecular weight is 520 g/mol. The highest BCUT2D eigenvalue weighted by atomic mass is 32.2. The predicted molar refractivity (Wildman–Crippen MR) is 148 cm³/mol. The maximum absolute atomic E-state index is 13.1. The highest BCUT2D eigenvalue weighted by Crippen LogP contribution is 2.29. The van der Waals surface area contributed by atoms with Crippen molar-refractivity contribution in [1.82, 2.24) is 9.80 Å². The van der Waals surface area contributed by atoms with Gasteiger partial charge in [0.1, 0.15) is 5.25 Å². The van der Waals surface area contributed by atoms with Crippen molar-refractivity contribution in [2.45, 2.75) is 38.4 Å². The summed E-state index contributed by atoms with van der Waals surface area (Å²) < 4.78 is 0. The zero-order valence-electron chi connectivity index (χ0n) is 21.4.